The number of hydrogen-bond donors (Lipinski definition) is 0. The molecule has 1 aliphatic rings. The first-order valence-corrected chi connectivity index (χ1v) is 9.88. The molecule has 0 aromatic heterocycles. The summed E-state index contributed by atoms with van der Waals surface area (Å²) < 4.78 is 0. The van der Waals surface area contributed by atoms with Crippen LogP contribution in [0.15, 0.2) is 0 Å². The molecule has 0 nitrogen and oxygen atoms in total. The maximum atomic E-state index is 3.80. The van der Waals surface area contributed by atoms with Crippen LogP contribution in [-0.4, -0.2) is 4.83 Å². The smallest absolute Gasteiger partial charge is 0.0148 e. The van der Waals surface area contributed by atoms with Gasteiger partial charge in [0.1, 0.15) is 0 Å². The lowest BCUT2D eigenvalue weighted by atomic mass is 9.85. The zero-order valence-corrected chi connectivity index (χ0v) is 14.7. The van der Waals surface area contributed by atoms with Gasteiger partial charge in [-0.15, -0.1) is 0 Å². The Balaban J connectivity index is 1.78. The molecule has 19 heavy (non-hydrogen) atoms. The molecule has 1 fully saturated rings. The summed E-state index contributed by atoms with van der Waals surface area (Å²) in [5, 5.41) is 0. The molecule has 0 amide bonds. The van der Waals surface area contributed by atoms with Crippen molar-refractivity contribution in [1.82, 2.24) is 0 Å². The van der Waals surface area contributed by atoms with Gasteiger partial charge in [0.2, 0.25) is 0 Å². The Bertz CT molecular complexity index is 190. The summed E-state index contributed by atoms with van der Waals surface area (Å²) in [6.45, 7) is 2.30. The van der Waals surface area contributed by atoms with E-state index in [0.29, 0.717) is 0 Å². The van der Waals surface area contributed by atoms with E-state index in [4.69, 9.17) is 0 Å². The summed E-state index contributed by atoms with van der Waals surface area (Å²) >= 11 is 3.80. The standard InChI is InChI=1S/C18H35Br/c1-2-3-4-5-6-7-8-9-10-11-13-17-14-12-15-18(19)16-17/h17-18H,2-16H2,1H3. The molecule has 0 bridgehead atoms. The molecule has 1 aliphatic carbocycles. The van der Waals surface area contributed by atoms with Crippen LogP contribution >= 0.6 is 15.9 Å². The molecule has 0 heterocycles. The fraction of sp³-hybridized carbons (Fsp3) is 1.00. The van der Waals surface area contributed by atoms with E-state index in [1.165, 1.54) is 96.3 Å². The normalized spacial score (nSPS) is 23.7. The Morgan fingerprint density at radius 2 is 1.37 bits per heavy atom. The number of halogens is 1. The van der Waals surface area contributed by atoms with Crippen LogP contribution in [-0.2, 0) is 0 Å². The van der Waals surface area contributed by atoms with Crippen molar-refractivity contribution in [2.24, 2.45) is 5.92 Å². The number of unbranched alkanes of at least 4 members (excludes halogenated alkanes) is 9. The van der Waals surface area contributed by atoms with Crippen LogP contribution in [0.2, 0.25) is 0 Å². The Hall–Kier alpha value is 0.480. The SMILES string of the molecule is CCCCCCCCCCCCC1CCCC(Br)C1. The highest BCUT2D eigenvalue weighted by Gasteiger charge is 2.19. The van der Waals surface area contributed by atoms with Crippen molar-refractivity contribution in [3.05, 3.63) is 0 Å². The van der Waals surface area contributed by atoms with E-state index in [-0.39, 0.29) is 0 Å². The summed E-state index contributed by atoms with van der Waals surface area (Å²) in [7, 11) is 0. The molecule has 0 aliphatic heterocycles. The van der Waals surface area contributed by atoms with E-state index in [9.17, 15) is 0 Å². The summed E-state index contributed by atoms with van der Waals surface area (Å²) in [6, 6.07) is 0. The number of hydrogen-bond acceptors (Lipinski definition) is 0. The van der Waals surface area contributed by atoms with Gasteiger partial charge in [-0.1, -0.05) is 106 Å². The summed E-state index contributed by atoms with van der Waals surface area (Å²) in [6.07, 6.45) is 22.0. The molecule has 0 aromatic rings. The maximum absolute atomic E-state index is 3.80. The molecular weight excluding hydrogens is 296 g/mol. The maximum Gasteiger partial charge on any atom is 0.0148 e. The van der Waals surface area contributed by atoms with E-state index in [1.54, 1.807) is 0 Å². The molecule has 2 unspecified atom stereocenters. The average molecular weight is 331 g/mol. The molecule has 0 N–H and O–H groups in total. The van der Waals surface area contributed by atoms with Crippen LogP contribution in [0, 0.1) is 5.92 Å². The molecule has 1 heteroatoms. The van der Waals surface area contributed by atoms with Crippen LogP contribution in [0.1, 0.15) is 103 Å². The highest BCUT2D eigenvalue weighted by molar-refractivity contribution is 9.09. The van der Waals surface area contributed by atoms with Gasteiger partial charge in [0.25, 0.3) is 0 Å². The number of rotatable bonds is 11. The van der Waals surface area contributed by atoms with Crippen molar-refractivity contribution in [3.8, 4) is 0 Å². The average Bonchev–Trinajstić information content (AvgIpc) is 2.41. The minimum atomic E-state index is 0.828. The van der Waals surface area contributed by atoms with Crippen molar-refractivity contribution >= 4 is 15.9 Å². The van der Waals surface area contributed by atoms with Gasteiger partial charge < -0.3 is 0 Å². The van der Waals surface area contributed by atoms with Gasteiger partial charge in [-0.05, 0) is 18.8 Å². The summed E-state index contributed by atoms with van der Waals surface area (Å²) in [5.74, 6) is 1.03. The van der Waals surface area contributed by atoms with Crippen LogP contribution in [0.3, 0.4) is 0 Å². The van der Waals surface area contributed by atoms with Crippen molar-refractivity contribution in [1.29, 1.82) is 0 Å². The third-order valence-corrected chi connectivity index (χ3v) is 5.52. The lowest BCUT2D eigenvalue weighted by Gasteiger charge is -2.25. The van der Waals surface area contributed by atoms with Gasteiger partial charge >= 0.3 is 0 Å². The van der Waals surface area contributed by atoms with Crippen molar-refractivity contribution < 1.29 is 0 Å². The zero-order valence-electron chi connectivity index (χ0n) is 13.1. The second-order valence-electron chi connectivity index (χ2n) is 6.60. The first-order chi connectivity index (χ1) is 9.33. The van der Waals surface area contributed by atoms with Crippen LogP contribution in [0.4, 0.5) is 0 Å². The van der Waals surface area contributed by atoms with Crippen molar-refractivity contribution in [2.75, 3.05) is 0 Å². The van der Waals surface area contributed by atoms with Gasteiger partial charge in [0.15, 0.2) is 0 Å². The second kappa shape index (κ2) is 12.2. The molecule has 1 saturated carbocycles. The van der Waals surface area contributed by atoms with Crippen LogP contribution in [0.25, 0.3) is 0 Å². The minimum Gasteiger partial charge on any atom is -0.0891 e. The molecule has 114 valence electrons. The third-order valence-electron chi connectivity index (χ3n) is 4.68. The van der Waals surface area contributed by atoms with E-state index < -0.39 is 0 Å². The third kappa shape index (κ3) is 9.93. The largest absolute Gasteiger partial charge is 0.0891 e. The molecule has 0 spiro atoms. The fourth-order valence-corrected chi connectivity index (χ4v) is 4.26. The Kier molecular flexibility index (Phi) is 11.3. The predicted molar refractivity (Wildman–Crippen MR) is 91.1 cm³/mol. The van der Waals surface area contributed by atoms with Gasteiger partial charge in [0, 0.05) is 4.83 Å². The highest BCUT2D eigenvalue weighted by atomic mass is 79.9. The van der Waals surface area contributed by atoms with Crippen LogP contribution in [0.5, 0.6) is 0 Å². The second-order valence-corrected chi connectivity index (χ2v) is 7.90. The van der Waals surface area contributed by atoms with E-state index in [0.717, 1.165) is 10.7 Å². The first-order valence-electron chi connectivity index (χ1n) is 8.97. The van der Waals surface area contributed by atoms with Gasteiger partial charge in [0.05, 0.1) is 0 Å². The topological polar surface area (TPSA) is 0 Å². The molecule has 0 saturated heterocycles. The summed E-state index contributed by atoms with van der Waals surface area (Å²) in [4.78, 5) is 0.828. The monoisotopic (exact) mass is 330 g/mol. The highest BCUT2D eigenvalue weighted by Crippen LogP contribution is 2.32. The summed E-state index contributed by atoms with van der Waals surface area (Å²) in [5.41, 5.74) is 0. The Morgan fingerprint density at radius 1 is 0.789 bits per heavy atom. The lowest BCUT2D eigenvalue weighted by molar-refractivity contribution is 0.337. The number of alkyl halides is 1. The Labute approximate surface area is 130 Å². The van der Waals surface area contributed by atoms with Gasteiger partial charge in [-0.25, -0.2) is 0 Å². The van der Waals surface area contributed by atoms with Crippen molar-refractivity contribution in [2.45, 2.75) is 108 Å². The lowest BCUT2D eigenvalue weighted by Crippen LogP contribution is -2.14. The predicted octanol–water partition coefficient (Wildman–Crippen LogP) is 7.25. The van der Waals surface area contributed by atoms with E-state index in [1.807, 2.05) is 0 Å². The first kappa shape index (κ1) is 17.5. The molecular formula is C18H35Br. The van der Waals surface area contributed by atoms with E-state index in [2.05, 4.69) is 22.9 Å². The Morgan fingerprint density at radius 3 is 1.95 bits per heavy atom. The van der Waals surface area contributed by atoms with Crippen molar-refractivity contribution in [3.63, 3.8) is 0 Å². The molecule has 0 aromatic carbocycles. The fourth-order valence-electron chi connectivity index (χ4n) is 3.41. The van der Waals surface area contributed by atoms with Gasteiger partial charge in [-0.2, -0.15) is 0 Å². The minimum absolute atomic E-state index is 0.828. The molecule has 1 rings (SSSR count). The van der Waals surface area contributed by atoms with Crippen LogP contribution < -0.4 is 0 Å². The van der Waals surface area contributed by atoms with Gasteiger partial charge in [-0.3, -0.25) is 0 Å². The van der Waals surface area contributed by atoms with E-state index >= 15 is 0 Å². The zero-order chi connectivity index (χ0) is 13.8. The quantitative estimate of drug-likeness (QED) is 0.276. The molecule has 0 radical (unpaired) electrons. The molecule has 2 atom stereocenters.